The first-order valence-electron chi connectivity index (χ1n) is 3.27. The van der Waals surface area contributed by atoms with Gasteiger partial charge in [-0.1, -0.05) is 11.6 Å². The van der Waals surface area contributed by atoms with E-state index in [0.29, 0.717) is 6.07 Å². The van der Waals surface area contributed by atoms with E-state index in [1.807, 2.05) is 0 Å². The first kappa shape index (κ1) is 11.3. The molecule has 0 aliphatic rings. The van der Waals surface area contributed by atoms with Crippen molar-refractivity contribution in [3.63, 3.8) is 0 Å². The zero-order valence-electron chi connectivity index (χ0n) is 6.40. The zero-order valence-corrected chi connectivity index (χ0v) is 7.91. The fourth-order valence-corrected chi connectivity index (χ4v) is 1.05. The Labute approximate surface area is 86.6 Å². The van der Waals surface area contributed by atoms with Crippen molar-refractivity contribution in [3.8, 4) is 0 Å². The number of rotatable bonds is 2. The lowest BCUT2D eigenvalue weighted by Crippen LogP contribution is -2.01. The van der Waals surface area contributed by atoms with E-state index in [2.05, 4.69) is 4.98 Å². The zero-order chi connectivity index (χ0) is 10.9. The molecule has 0 atom stereocenters. The molecule has 0 radical (unpaired) electrons. The van der Waals surface area contributed by atoms with Crippen LogP contribution in [0.5, 0.6) is 0 Å². The summed E-state index contributed by atoms with van der Waals surface area (Å²) in [5.74, 6) is -1.34. The smallest absolute Gasteiger partial charge is 0.270 e. The third-order valence-corrected chi connectivity index (χ3v) is 1.95. The molecule has 0 spiro atoms. The maximum atomic E-state index is 12.8. The molecular weight excluding hydrogens is 242 g/mol. The molecular formula is C7H2Cl2F3NO. The van der Waals surface area contributed by atoms with E-state index in [9.17, 15) is 18.0 Å². The highest BCUT2D eigenvalue weighted by Gasteiger charge is 2.19. The van der Waals surface area contributed by atoms with Crippen molar-refractivity contribution in [2.75, 3.05) is 0 Å². The first-order chi connectivity index (χ1) is 6.43. The second-order valence-corrected chi connectivity index (χ2v) is 3.00. The first-order valence-corrected chi connectivity index (χ1v) is 4.03. The van der Waals surface area contributed by atoms with Gasteiger partial charge in [0.15, 0.2) is 0 Å². The Morgan fingerprint density at radius 1 is 1.50 bits per heavy atom. The third-order valence-electron chi connectivity index (χ3n) is 1.38. The minimum Gasteiger partial charge on any atom is -0.274 e. The summed E-state index contributed by atoms with van der Waals surface area (Å²) >= 11 is 10.1. The van der Waals surface area contributed by atoms with Crippen molar-refractivity contribution in [2.24, 2.45) is 0 Å². The normalized spacial score (nSPS) is 10.7. The summed E-state index contributed by atoms with van der Waals surface area (Å²) in [6, 6.07) is 0.658. The van der Waals surface area contributed by atoms with Gasteiger partial charge in [-0.05, 0) is 17.7 Å². The standard InChI is InChI=1S/C7H2Cl2F3NO/c8-4-2(6(10)11)1-3(5(9)14)13-7(4)12/h1,6H. The van der Waals surface area contributed by atoms with E-state index in [1.54, 1.807) is 0 Å². The Bertz CT molecular complexity index is 383. The summed E-state index contributed by atoms with van der Waals surface area (Å²) in [7, 11) is 0. The fraction of sp³-hybridized carbons (Fsp3) is 0.143. The molecule has 0 N–H and O–H groups in total. The number of aromatic nitrogens is 1. The summed E-state index contributed by atoms with van der Waals surface area (Å²) in [6.45, 7) is 0. The highest BCUT2D eigenvalue weighted by Crippen LogP contribution is 2.29. The predicted molar refractivity (Wildman–Crippen MR) is 44.3 cm³/mol. The number of pyridine rings is 1. The van der Waals surface area contributed by atoms with Gasteiger partial charge in [-0.3, -0.25) is 4.79 Å². The molecule has 1 heterocycles. The number of hydrogen-bond donors (Lipinski definition) is 0. The molecule has 2 nitrogen and oxygen atoms in total. The number of alkyl halides is 2. The summed E-state index contributed by atoms with van der Waals surface area (Å²) in [5.41, 5.74) is -1.40. The lowest BCUT2D eigenvalue weighted by atomic mass is 10.2. The average Bonchev–Trinajstić information content (AvgIpc) is 2.08. The van der Waals surface area contributed by atoms with Crippen LogP contribution in [0.4, 0.5) is 13.2 Å². The highest BCUT2D eigenvalue weighted by molar-refractivity contribution is 6.67. The highest BCUT2D eigenvalue weighted by atomic mass is 35.5. The van der Waals surface area contributed by atoms with Gasteiger partial charge in [-0.15, -0.1) is 0 Å². The Hall–Kier alpha value is -0.810. The van der Waals surface area contributed by atoms with E-state index < -0.39 is 33.9 Å². The van der Waals surface area contributed by atoms with Crippen molar-refractivity contribution in [1.29, 1.82) is 0 Å². The molecule has 0 amide bonds. The van der Waals surface area contributed by atoms with Crippen molar-refractivity contribution < 1.29 is 18.0 Å². The molecule has 1 rings (SSSR count). The largest absolute Gasteiger partial charge is 0.274 e. The number of hydrogen-bond acceptors (Lipinski definition) is 2. The van der Waals surface area contributed by atoms with Gasteiger partial charge in [0.25, 0.3) is 11.7 Å². The van der Waals surface area contributed by atoms with Gasteiger partial charge in [-0.2, -0.15) is 4.39 Å². The van der Waals surface area contributed by atoms with E-state index >= 15 is 0 Å². The van der Waals surface area contributed by atoms with Crippen LogP contribution >= 0.6 is 23.2 Å². The maximum Gasteiger partial charge on any atom is 0.270 e. The molecule has 0 fully saturated rings. The van der Waals surface area contributed by atoms with Crippen LogP contribution < -0.4 is 0 Å². The number of carbonyl (C=O) groups excluding carboxylic acids is 1. The molecule has 0 unspecified atom stereocenters. The van der Waals surface area contributed by atoms with Crippen LogP contribution in [-0.4, -0.2) is 10.2 Å². The quantitative estimate of drug-likeness (QED) is 0.590. The number of carbonyl (C=O) groups is 1. The summed E-state index contributed by atoms with van der Waals surface area (Å²) in [4.78, 5) is 13.5. The van der Waals surface area contributed by atoms with Crippen LogP contribution in [0.2, 0.25) is 5.02 Å². The van der Waals surface area contributed by atoms with E-state index in [0.717, 1.165) is 0 Å². The monoisotopic (exact) mass is 243 g/mol. The molecule has 0 aliphatic carbocycles. The maximum absolute atomic E-state index is 12.8. The van der Waals surface area contributed by atoms with Crippen molar-refractivity contribution in [2.45, 2.75) is 6.43 Å². The minimum atomic E-state index is -2.99. The van der Waals surface area contributed by atoms with Gasteiger partial charge < -0.3 is 0 Å². The third kappa shape index (κ3) is 2.16. The van der Waals surface area contributed by atoms with Crippen molar-refractivity contribution in [1.82, 2.24) is 4.98 Å². The summed E-state index contributed by atoms with van der Waals surface area (Å²) in [5, 5.41) is -1.93. The number of nitrogens with zero attached hydrogens (tertiary/aromatic N) is 1. The Kier molecular flexibility index (Phi) is 3.34. The Morgan fingerprint density at radius 2 is 2.07 bits per heavy atom. The van der Waals surface area contributed by atoms with Gasteiger partial charge in [0.2, 0.25) is 5.95 Å². The van der Waals surface area contributed by atoms with Gasteiger partial charge in [-0.25, -0.2) is 13.8 Å². The van der Waals surface area contributed by atoms with Crippen molar-refractivity contribution >= 4 is 28.4 Å². The predicted octanol–water partition coefficient (Wildman–Crippen LogP) is 3.19. The SMILES string of the molecule is O=C(Cl)c1cc(C(F)F)c(Cl)c(F)n1. The minimum absolute atomic E-state index is 0.594. The number of halogens is 5. The molecule has 14 heavy (non-hydrogen) atoms. The van der Waals surface area contributed by atoms with Gasteiger partial charge >= 0.3 is 0 Å². The molecule has 0 bridgehead atoms. The lowest BCUT2D eigenvalue weighted by Gasteiger charge is -2.04. The van der Waals surface area contributed by atoms with Gasteiger partial charge in [0, 0.05) is 5.56 Å². The van der Waals surface area contributed by atoms with Gasteiger partial charge in [0.05, 0.1) is 0 Å². The second-order valence-electron chi connectivity index (χ2n) is 2.28. The summed E-state index contributed by atoms with van der Waals surface area (Å²) in [6.07, 6.45) is -2.99. The fourth-order valence-electron chi connectivity index (χ4n) is 0.776. The molecule has 76 valence electrons. The van der Waals surface area contributed by atoms with Crippen LogP contribution in [0.15, 0.2) is 6.07 Å². The van der Waals surface area contributed by atoms with Crippen LogP contribution in [-0.2, 0) is 0 Å². The van der Waals surface area contributed by atoms with Crippen LogP contribution in [0, 0.1) is 5.95 Å². The topological polar surface area (TPSA) is 30.0 Å². The molecule has 0 saturated carbocycles. The molecule has 1 aromatic heterocycles. The van der Waals surface area contributed by atoms with E-state index in [-0.39, 0.29) is 0 Å². The van der Waals surface area contributed by atoms with Crippen LogP contribution in [0.3, 0.4) is 0 Å². The average molecular weight is 244 g/mol. The molecule has 0 saturated heterocycles. The van der Waals surface area contributed by atoms with Crippen LogP contribution in [0.1, 0.15) is 22.5 Å². The van der Waals surface area contributed by atoms with E-state index in [1.165, 1.54) is 0 Å². The molecule has 7 heteroatoms. The Balaban J connectivity index is 3.35. The summed E-state index contributed by atoms with van der Waals surface area (Å²) < 4.78 is 37.2. The Morgan fingerprint density at radius 3 is 2.50 bits per heavy atom. The van der Waals surface area contributed by atoms with Crippen molar-refractivity contribution in [3.05, 3.63) is 28.3 Å². The lowest BCUT2D eigenvalue weighted by molar-refractivity contribution is 0.107. The molecule has 0 aromatic carbocycles. The van der Waals surface area contributed by atoms with E-state index in [4.69, 9.17) is 23.2 Å². The van der Waals surface area contributed by atoms with Crippen LogP contribution in [0.25, 0.3) is 0 Å². The second kappa shape index (κ2) is 4.14. The van der Waals surface area contributed by atoms with Gasteiger partial charge in [0.1, 0.15) is 10.7 Å². The molecule has 1 aromatic rings. The molecule has 0 aliphatic heterocycles.